The minimum Gasteiger partial charge on any atom is -0.465 e. The number of benzene rings is 3. The molecule has 66 heavy (non-hydrogen) atoms. The van der Waals surface area contributed by atoms with Gasteiger partial charge in [-0.1, -0.05) is 69.7 Å². The topological polar surface area (TPSA) is 189 Å². The Bertz CT molecular complexity index is 2810. The molecule has 3 aromatic heterocycles. The van der Waals surface area contributed by atoms with Crippen LogP contribution in [0.5, 0.6) is 5.75 Å². The Morgan fingerprint density at radius 2 is 1.29 bits per heavy atom. The van der Waals surface area contributed by atoms with Gasteiger partial charge in [0.05, 0.1) is 61.3 Å². The predicted octanol–water partition coefficient (Wildman–Crippen LogP) is 8.42. The highest BCUT2D eigenvalue weighted by atomic mass is 16.5. The number of fused-ring (bicyclic) bond motifs is 5. The van der Waals surface area contributed by atoms with Crippen molar-refractivity contribution in [2.45, 2.75) is 90.7 Å². The van der Waals surface area contributed by atoms with Gasteiger partial charge >= 0.3 is 12.2 Å². The summed E-state index contributed by atoms with van der Waals surface area (Å²) in [6.45, 7) is 10.8. The maximum atomic E-state index is 13.8. The highest BCUT2D eigenvalue weighted by Crippen LogP contribution is 2.46. The van der Waals surface area contributed by atoms with Crippen LogP contribution in [0.15, 0.2) is 79.1 Å². The second-order valence-corrected chi connectivity index (χ2v) is 18.2. The second kappa shape index (κ2) is 18.1. The maximum absolute atomic E-state index is 13.8. The largest absolute Gasteiger partial charge is 0.465 e. The summed E-state index contributed by atoms with van der Waals surface area (Å²) in [5, 5.41) is 6.47. The number of hydrogen-bond donors (Lipinski definition) is 4. The first-order valence-electron chi connectivity index (χ1n) is 22.8. The first kappa shape index (κ1) is 44.1. The molecule has 4 amide bonds. The van der Waals surface area contributed by atoms with Crippen molar-refractivity contribution in [1.29, 1.82) is 0 Å². The number of aromatic nitrogens is 5. The number of aryl methyl sites for hydroxylation is 1. The normalized spacial score (nSPS) is 18.8. The minimum absolute atomic E-state index is 0.129. The molecule has 0 radical (unpaired) electrons. The number of nitrogens with zero attached hydrogens (tertiary/aromatic N) is 5. The number of imidazole rings is 2. The van der Waals surface area contributed by atoms with Crippen LogP contribution in [0.2, 0.25) is 0 Å². The number of carbonyl (C=O) groups is 4. The summed E-state index contributed by atoms with van der Waals surface area (Å²) >= 11 is 0. The number of hydrogen-bond acceptors (Lipinski definition) is 9. The van der Waals surface area contributed by atoms with E-state index in [4.69, 9.17) is 24.2 Å². The van der Waals surface area contributed by atoms with E-state index in [0.29, 0.717) is 24.7 Å². The number of likely N-dealkylation sites (tertiary alicyclic amines) is 2. The number of H-pyrrole nitrogens is 2. The molecule has 2 saturated heterocycles. The van der Waals surface area contributed by atoms with Gasteiger partial charge < -0.3 is 49.2 Å². The molecule has 0 aliphatic carbocycles. The smallest absolute Gasteiger partial charge is 0.407 e. The van der Waals surface area contributed by atoms with Gasteiger partial charge in [0.2, 0.25) is 18.0 Å². The Morgan fingerprint density at radius 3 is 1.83 bits per heavy atom. The zero-order valence-electron chi connectivity index (χ0n) is 38.4. The molecule has 3 aliphatic rings. The first-order valence-corrected chi connectivity index (χ1v) is 22.8. The Morgan fingerprint density at radius 1 is 0.727 bits per heavy atom. The van der Waals surface area contributed by atoms with Crippen molar-refractivity contribution in [2.75, 3.05) is 27.3 Å². The van der Waals surface area contributed by atoms with Crippen molar-refractivity contribution >= 4 is 34.9 Å². The van der Waals surface area contributed by atoms with Gasteiger partial charge in [-0.15, -0.1) is 0 Å². The molecule has 5 atom stereocenters. The molecular weight excluding hydrogens is 839 g/mol. The van der Waals surface area contributed by atoms with E-state index in [1.165, 1.54) is 14.2 Å². The standard InChI is InChI=1S/C50H57N9O7/c1-27(2)42(55-49(62)64-6)46(60)57-19-9-13-38(57)44-51-25-35(53-44)30-16-18-37-33(22-30)23-40-34-17-15-31(24-41(34)66-48(59(37)40)32-12-8-11-29(5)21-32)36-26-52-45(54-36)39-14-10-20-58(39)47(61)43(28(3)4)56-50(63)65-7/h8,11-12,15-18,21-28,38-39,42-43,48H,9-10,13-14,19-20H2,1-7H3,(H,51,53)(H,52,54)(H,55,62)(H,56,63)/t38-,39-,42-,43-,48?/m0/s1. The third-order valence-electron chi connectivity index (χ3n) is 13.2. The summed E-state index contributed by atoms with van der Waals surface area (Å²) in [4.78, 5) is 72.1. The highest BCUT2D eigenvalue weighted by molar-refractivity contribution is 5.93. The van der Waals surface area contributed by atoms with Gasteiger partial charge in [-0.05, 0) is 74.8 Å². The molecule has 6 heterocycles. The lowest BCUT2D eigenvalue weighted by molar-refractivity contribution is -0.136. The predicted molar refractivity (Wildman–Crippen MR) is 248 cm³/mol. The molecule has 16 heteroatoms. The quantitative estimate of drug-likeness (QED) is 0.0990. The van der Waals surface area contributed by atoms with E-state index in [9.17, 15) is 19.2 Å². The molecule has 1 unspecified atom stereocenters. The monoisotopic (exact) mass is 895 g/mol. The van der Waals surface area contributed by atoms with Crippen LogP contribution >= 0.6 is 0 Å². The SMILES string of the molecule is COC(=O)N[C@H](C(=O)N1CCC[C@H]1c1ncc(-c2ccc3c(c2)OC(c2cccc(C)c2)n2c-3cc3cc(-c4cnc([C@@H]5CCCN5C(=O)[C@@H](NC(=O)OC)C(C)C)[nH]4)ccc32)[nH]1)C(C)C. The van der Waals surface area contributed by atoms with Crippen LogP contribution in [0.1, 0.15) is 94.5 Å². The third-order valence-corrected chi connectivity index (χ3v) is 13.2. The van der Waals surface area contributed by atoms with Crippen molar-refractivity contribution in [1.82, 2.24) is 44.9 Å². The van der Waals surface area contributed by atoms with Crippen molar-refractivity contribution in [3.8, 4) is 39.5 Å². The van der Waals surface area contributed by atoms with E-state index in [0.717, 1.165) is 87.2 Å². The summed E-state index contributed by atoms with van der Waals surface area (Å²) in [7, 11) is 2.58. The van der Waals surface area contributed by atoms with Crippen LogP contribution in [0.25, 0.3) is 44.7 Å². The van der Waals surface area contributed by atoms with Crippen molar-refractivity contribution in [3.63, 3.8) is 0 Å². The first-order chi connectivity index (χ1) is 31.8. The number of alkyl carbamates (subject to hydrolysis) is 2. The average molecular weight is 896 g/mol. The zero-order chi connectivity index (χ0) is 46.4. The summed E-state index contributed by atoms with van der Waals surface area (Å²) in [6.07, 6.45) is 5.05. The van der Waals surface area contributed by atoms with Gasteiger partial charge in [0.25, 0.3) is 0 Å². The molecule has 16 nitrogen and oxygen atoms in total. The van der Waals surface area contributed by atoms with Crippen LogP contribution in [-0.4, -0.2) is 97.7 Å². The van der Waals surface area contributed by atoms with Crippen LogP contribution in [0.4, 0.5) is 9.59 Å². The van der Waals surface area contributed by atoms with Gasteiger partial charge in [0.15, 0.2) is 0 Å². The Balaban J connectivity index is 1.01. The van der Waals surface area contributed by atoms with Crippen LogP contribution in [0.3, 0.4) is 0 Å². The van der Waals surface area contributed by atoms with Crippen molar-refractivity contribution < 1.29 is 33.4 Å². The molecule has 0 saturated carbocycles. The van der Waals surface area contributed by atoms with E-state index < -0.39 is 30.5 Å². The Kier molecular flexibility index (Phi) is 12.1. The second-order valence-electron chi connectivity index (χ2n) is 18.2. The zero-order valence-corrected chi connectivity index (χ0v) is 38.4. The van der Waals surface area contributed by atoms with E-state index in [-0.39, 0.29) is 35.7 Å². The van der Waals surface area contributed by atoms with E-state index in [1.54, 1.807) is 6.20 Å². The summed E-state index contributed by atoms with van der Waals surface area (Å²) in [5.74, 6) is 1.55. The average Bonchev–Trinajstić information content (AvgIpc) is 4.17. The number of rotatable bonds is 11. The number of methoxy groups -OCH3 is 2. The molecule has 9 rings (SSSR count). The van der Waals surface area contributed by atoms with E-state index in [2.05, 4.69) is 92.8 Å². The fourth-order valence-electron chi connectivity index (χ4n) is 9.77. The maximum Gasteiger partial charge on any atom is 0.407 e. The number of aromatic amines is 2. The lowest BCUT2D eigenvalue weighted by Crippen LogP contribution is -2.51. The highest BCUT2D eigenvalue weighted by Gasteiger charge is 2.39. The minimum atomic E-state index is -0.721. The lowest BCUT2D eigenvalue weighted by Gasteiger charge is -2.31. The molecule has 4 N–H and O–H groups in total. The molecule has 3 aliphatic heterocycles. The van der Waals surface area contributed by atoms with Gasteiger partial charge in [-0.25, -0.2) is 19.6 Å². The fourth-order valence-corrected chi connectivity index (χ4v) is 9.77. The summed E-state index contributed by atoms with van der Waals surface area (Å²) in [6, 6.07) is 21.2. The number of amides is 4. The lowest BCUT2D eigenvalue weighted by atomic mass is 10.0. The van der Waals surface area contributed by atoms with Crippen LogP contribution in [-0.2, 0) is 19.1 Å². The molecule has 0 spiro atoms. The van der Waals surface area contributed by atoms with Gasteiger partial charge in [-0.2, -0.15) is 0 Å². The fraction of sp³-hybridized carbons (Fsp3) is 0.400. The van der Waals surface area contributed by atoms with Gasteiger partial charge in [-0.3, -0.25) is 9.59 Å². The molecule has 2 fully saturated rings. The van der Waals surface area contributed by atoms with Gasteiger partial charge in [0.1, 0.15) is 29.5 Å². The Labute approximate surface area is 383 Å². The summed E-state index contributed by atoms with van der Waals surface area (Å²) in [5.41, 5.74) is 8.58. The van der Waals surface area contributed by atoms with E-state index >= 15 is 0 Å². The number of ether oxygens (including phenoxy) is 3. The van der Waals surface area contributed by atoms with Crippen LogP contribution < -0.4 is 15.4 Å². The number of carbonyl (C=O) groups excluding carboxylic acids is 4. The molecule has 6 aromatic rings. The van der Waals surface area contributed by atoms with Crippen molar-refractivity contribution in [2.24, 2.45) is 11.8 Å². The molecular formula is C50H57N9O7. The molecule has 0 bridgehead atoms. The third kappa shape index (κ3) is 8.24. The molecule has 3 aromatic carbocycles. The van der Waals surface area contributed by atoms with Gasteiger partial charge in [0, 0.05) is 40.7 Å². The summed E-state index contributed by atoms with van der Waals surface area (Å²) < 4.78 is 18.9. The number of nitrogens with one attached hydrogen (secondary N) is 4. The van der Waals surface area contributed by atoms with Crippen molar-refractivity contribution in [3.05, 3.63) is 102 Å². The molecule has 344 valence electrons. The Hall–Kier alpha value is -7.10. The van der Waals surface area contributed by atoms with E-state index in [1.807, 2.05) is 49.8 Å². The van der Waals surface area contributed by atoms with Crippen LogP contribution in [0, 0.1) is 18.8 Å².